The zero-order valence-electron chi connectivity index (χ0n) is 12.7. The monoisotopic (exact) mass is 392 g/mol. The van der Waals surface area contributed by atoms with Gasteiger partial charge in [-0.1, -0.05) is 16.3 Å². The molecule has 26 heavy (non-hydrogen) atoms. The number of halogens is 1. The van der Waals surface area contributed by atoms with Crippen molar-refractivity contribution in [2.45, 2.75) is 9.79 Å². The van der Waals surface area contributed by atoms with E-state index in [4.69, 9.17) is 11.6 Å². The molecular weight excluding hydrogens is 384 g/mol. The van der Waals surface area contributed by atoms with Crippen molar-refractivity contribution in [1.29, 1.82) is 0 Å². The number of nitrogens with zero attached hydrogens (tertiary/aromatic N) is 2. The molecule has 4 rings (SSSR count). The number of hydrogen-bond donors (Lipinski definition) is 3. The summed E-state index contributed by atoms with van der Waals surface area (Å²) < 4.78 is 26.0. The first-order valence-electron chi connectivity index (χ1n) is 7.16. The number of imidazole rings is 1. The Kier molecular flexibility index (Phi) is 3.43. The van der Waals surface area contributed by atoms with E-state index in [2.05, 4.69) is 15.0 Å². The average Bonchev–Trinajstić information content (AvgIpc) is 3.07. The summed E-state index contributed by atoms with van der Waals surface area (Å²) in [5.41, 5.74) is -1.47. The maximum absolute atomic E-state index is 13.1. The number of sulfone groups is 1. The van der Waals surface area contributed by atoms with E-state index >= 15 is 0 Å². The molecule has 0 aliphatic carbocycles. The van der Waals surface area contributed by atoms with Gasteiger partial charge in [0.2, 0.25) is 9.84 Å². The van der Waals surface area contributed by atoms with Gasteiger partial charge in [0.1, 0.15) is 0 Å². The van der Waals surface area contributed by atoms with Crippen molar-refractivity contribution in [2.24, 2.45) is 0 Å². The maximum atomic E-state index is 13.1. The van der Waals surface area contributed by atoms with E-state index in [0.717, 1.165) is 0 Å². The number of fused-ring (bicyclic) bond motifs is 2. The number of aromatic nitrogens is 4. The summed E-state index contributed by atoms with van der Waals surface area (Å²) >= 11 is 5.96. The maximum Gasteiger partial charge on any atom is 0.362 e. The average molecular weight is 393 g/mol. The lowest BCUT2D eigenvalue weighted by molar-refractivity contribution is 0.162. The Morgan fingerprint density at radius 1 is 1.15 bits per heavy atom. The molecule has 0 saturated carbocycles. The van der Waals surface area contributed by atoms with Crippen LogP contribution in [0.15, 0.2) is 56.0 Å². The molecule has 0 aliphatic heterocycles. The first-order valence-corrected chi connectivity index (χ1v) is 9.02. The smallest absolute Gasteiger partial charge is 0.362 e. The lowest BCUT2D eigenvalue weighted by Crippen LogP contribution is -2.33. The summed E-state index contributed by atoms with van der Waals surface area (Å²) in [7, 11) is -4.10. The highest BCUT2D eigenvalue weighted by atomic mass is 35.5. The molecule has 0 amide bonds. The van der Waals surface area contributed by atoms with Crippen LogP contribution in [-0.4, -0.2) is 33.3 Å². The van der Waals surface area contributed by atoms with Gasteiger partial charge in [-0.2, -0.15) is 0 Å². The number of aromatic amines is 2. The molecule has 0 atom stereocenters. The predicted octanol–water partition coefficient (Wildman–Crippen LogP) is 1.29. The van der Waals surface area contributed by atoms with E-state index in [9.17, 15) is 23.2 Å². The Bertz CT molecular complexity index is 1420. The van der Waals surface area contributed by atoms with E-state index in [-0.39, 0.29) is 30.4 Å². The minimum Gasteiger partial charge on any atom is -0.421 e. The van der Waals surface area contributed by atoms with Gasteiger partial charge in [-0.25, -0.2) is 18.2 Å². The second kappa shape index (κ2) is 5.44. The van der Waals surface area contributed by atoms with Gasteiger partial charge in [-0.05, 0) is 30.3 Å². The molecule has 0 saturated heterocycles. The van der Waals surface area contributed by atoms with Crippen molar-refractivity contribution >= 4 is 43.4 Å². The van der Waals surface area contributed by atoms with Crippen LogP contribution in [0.3, 0.4) is 0 Å². The van der Waals surface area contributed by atoms with Gasteiger partial charge in [0.15, 0.2) is 0 Å². The van der Waals surface area contributed by atoms with Crippen molar-refractivity contribution < 1.29 is 13.6 Å². The zero-order valence-corrected chi connectivity index (χ0v) is 14.3. The van der Waals surface area contributed by atoms with E-state index < -0.39 is 21.1 Å². The molecule has 4 aromatic rings. The number of H-pyrrole nitrogens is 2. The van der Waals surface area contributed by atoms with E-state index in [1.165, 1.54) is 36.7 Å². The Morgan fingerprint density at radius 3 is 2.69 bits per heavy atom. The minimum atomic E-state index is -4.10. The fourth-order valence-electron chi connectivity index (χ4n) is 2.68. The summed E-state index contributed by atoms with van der Waals surface area (Å²) in [5, 5.41) is 9.06. The molecule has 0 radical (unpaired) electrons. The molecule has 2 aromatic carbocycles. The van der Waals surface area contributed by atoms with Crippen LogP contribution in [0.25, 0.3) is 21.9 Å². The normalized spacial score (nSPS) is 12.0. The predicted molar refractivity (Wildman–Crippen MR) is 92.6 cm³/mol. The summed E-state index contributed by atoms with van der Waals surface area (Å²) in [6, 6.07) is 6.69. The fourth-order valence-corrected chi connectivity index (χ4v) is 4.36. The first-order chi connectivity index (χ1) is 12.3. The van der Waals surface area contributed by atoms with Gasteiger partial charge >= 0.3 is 5.69 Å². The molecule has 3 N–H and O–H groups in total. The molecule has 132 valence electrons. The van der Waals surface area contributed by atoms with Crippen LogP contribution >= 0.6 is 11.6 Å². The lowest BCUT2D eigenvalue weighted by atomic mass is 10.2. The Balaban J connectivity index is 2.09. The molecule has 0 fully saturated rings. The van der Waals surface area contributed by atoms with Gasteiger partial charge in [-0.15, -0.1) is 0 Å². The third kappa shape index (κ3) is 2.23. The number of rotatable bonds is 2. The van der Waals surface area contributed by atoms with Crippen LogP contribution in [0.5, 0.6) is 0 Å². The second-order valence-corrected chi connectivity index (χ2v) is 7.75. The number of hydrogen-bond acceptors (Lipinski definition) is 6. The van der Waals surface area contributed by atoms with Gasteiger partial charge in [0.25, 0.3) is 5.56 Å². The van der Waals surface area contributed by atoms with Crippen LogP contribution < -0.4 is 11.2 Å². The van der Waals surface area contributed by atoms with Crippen LogP contribution in [0, 0.1) is 0 Å². The molecule has 0 spiro atoms. The highest BCUT2D eigenvalue weighted by Crippen LogP contribution is 2.30. The van der Waals surface area contributed by atoms with Crippen molar-refractivity contribution in [1.82, 2.24) is 19.7 Å². The Morgan fingerprint density at radius 2 is 1.92 bits per heavy atom. The molecule has 2 aromatic heterocycles. The van der Waals surface area contributed by atoms with Crippen LogP contribution in [0.4, 0.5) is 0 Å². The highest BCUT2D eigenvalue weighted by molar-refractivity contribution is 7.91. The third-order valence-electron chi connectivity index (χ3n) is 3.94. The van der Waals surface area contributed by atoms with Crippen molar-refractivity contribution in [3.05, 3.63) is 62.5 Å². The van der Waals surface area contributed by atoms with Crippen molar-refractivity contribution in [3.8, 4) is 0 Å². The SMILES string of the molecule is O=c1[nH]c2c(S(=O)(=O)c3ccc4nc[nH]c4c3)ccc(Cl)c2c(=O)n1O. The minimum absolute atomic E-state index is 0.0631. The van der Waals surface area contributed by atoms with E-state index in [1.54, 1.807) is 0 Å². The van der Waals surface area contributed by atoms with Gasteiger partial charge < -0.3 is 15.2 Å². The summed E-state index contributed by atoms with van der Waals surface area (Å²) in [6.45, 7) is 0. The number of nitrogens with one attached hydrogen (secondary N) is 2. The number of benzene rings is 2. The second-order valence-electron chi connectivity index (χ2n) is 5.43. The summed E-state index contributed by atoms with van der Waals surface area (Å²) in [6.07, 6.45) is 1.43. The lowest BCUT2D eigenvalue weighted by Gasteiger charge is -2.09. The molecule has 9 nitrogen and oxygen atoms in total. The largest absolute Gasteiger partial charge is 0.421 e. The van der Waals surface area contributed by atoms with Crippen LogP contribution in [0.1, 0.15) is 0 Å². The Labute approximate surface area is 149 Å². The molecular formula is C15H9ClN4O5S. The van der Waals surface area contributed by atoms with Crippen LogP contribution in [-0.2, 0) is 9.84 Å². The molecule has 0 unspecified atom stereocenters. The topological polar surface area (TPSA) is 138 Å². The van der Waals surface area contributed by atoms with Gasteiger partial charge in [0.05, 0.1) is 43.1 Å². The summed E-state index contributed by atoms with van der Waals surface area (Å²) in [4.78, 5) is 32.5. The Hall–Kier alpha value is -3.11. The molecule has 0 bridgehead atoms. The standard InChI is InChI=1S/C15H9ClN4O5S/c16-8-2-4-11(13-12(8)14(21)20(23)15(22)19-13)26(24,25)7-1-3-9-10(5-7)18-6-17-9/h1-6,23H,(H,17,18)(H,19,22). The highest BCUT2D eigenvalue weighted by Gasteiger charge is 2.24. The first kappa shape index (κ1) is 16.4. The van der Waals surface area contributed by atoms with Gasteiger partial charge in [-0.3, -0.25) is 4.79 Å². The van der Waals surface area contributed by atoms with Crippen LogP contribution in [0.2, 0.25) is 5.02 Å². The quantitative estimate of drug-likeness (QED) is 0.439. The summed E-state index contributed by atoms with van der Waals surface area (Å²) in [5.74, 6) is 0. The molecule has 2 heterocycles. The third-order valence-corrected chi connectivity index (χ3v) is 6.05. The van der Waals surface area contributed by atoms with E-state index in [0.29, 0.717) is 11.0 Å². The molecule has 11 heteroatoms. The van der Waals surface area contributed by atoms with E-state index in [1.807, 2.05) is 0 Å². The molecule has 0 aliphatic rings. The fraction of sp³-hybridized carbons (Fsp3) is 0. The van der Waals surface area contributed by atoms with Gasteiger partial charge in [0, 0.05) is 0 Å². The van der Waals surface area contributed by atoms with Crippen molar-refractivity contribution in [2.75, 3.05) is 0 Å². The zero-order chi connectivity index (χ0) is 18.6. The van der Waals surface area contributed by atoms with Crippen molar-refractivity contribution in [3.63, 3.8) is 0 Å².